The number of fused-ring (bicyclic) bond motifs is 3. The molecule has 0 unspecified atom stereocenters. The first-order valence-electron chi connectivity index (χ1n) is 5.51. The van der Waals surface area contributed by atoms with Gasteiger partial charge >= 0.3 is 0 Å². The number of hydrogen-bond donors (Lipinski definition) is 0. The summed E-state index contributed by atoms with van der Waals surface area (Å²) in [5, 5.41) is 8.98. The molecule has 1 aliphatic rings. The molecule has 2 heterocycles. The number of benzene rings is 1. The van der Waals surface area contributed by atoms with Gasteiger partial charge in [-0.25, -0.2) is 0 Å². The molecule has 0 fully saturated rings. The summed E-state index contributed by atoms with van der Waals surface area (Å²) in [6.07, 6.45) is 0. The standard InChI is InChI=1S/C14H9NO3/c1-8-12(6-15)18-14-9-4-2-3-5-11(9)17-7-10(14)13(8)16/h2-5H,7H2,1H3. The highest BCUT2D eigenvalue weighted by molar-refractivity contribution is 5.70. The maximum atomic E-state index is 12.1. The SMILES string of the molecule is Cc1c(C#N)oc2c(c1=O)COc1ccccc1-2. The fraction of sp³-hybridized carbons (Fsp3) is 0.143. The van der Waals surface area contributed by atoms with Crippen LogP contribution >= 0.6 is 0 Å². The molecule has 0 saturated heterocycles. The van der Waals surface area contributed by atoms with E-state index >= 15 is 0 Å². The Hall–Kier alpha value is -2.54. The van der Waals surface area contributed by atoms with Crippen molar-refractivity contribution < 1.29 is 9.15 Å². The van der Waals surface area contributed by atoms with Gasteiger partial charge in [0.25, 0.3) is 0 Å². The van der Waals surface area contributed by atoms with Crippen LogP contribution < -0.4 is 10.2 Å². The Morgan fingerprint density at radius 3 is 2.89 bits per heavy atom. The number of nitrogens with zero attached hydrogens (tertiary/aromatic N) is 1. The lowest BCUT2D eigenvalue weighted by Crippen LogP contribution is -2.20. The van der Waals surface area contributed by atoms with Crippen LogP contribution in [0.4, 0.5) is 0 Å². The molecule has 2 aromatic rings. The van der Waals surface area contributed by atoms with E-state index in [9.17, 15) is 4.79 Å². The second-order valence-electron chi connectivity index (χ2n) is 4.09. The van der Waals surface area contributed by atoms with E-state index in [1.54, 1.807) is 6.92 Å². The lowest BCUT2D eigenvalue weighted by molar-refractivity contribution is 0.293. The minimum Gasteiger partial charge on any atom is -0.488 e. The Kier molecular flexibility index (Phi) is 2.20. The van der Waals surface area contributed by atoms with Gasteiger partial charge in [-0.2, -0.15) is 5.26 Å². The monoisotopic (exact) mass is 239 g/mol. The Morgan fingerprint density at radius 1 is 1.33 bits per heavy atom. The van der Waals surface area contributed by atoms with Crippen molar-refractivity contribution in [1.29, 1.82) is 5.26 Å². The maximum Gasteiger partial charge on any atom is 0.210 e. The number of para-hydroxylation sites is 1. The molecule has 0 spiro atoms. The van der Waals surface area contributed by atoms with Crippen molar-refractivity contribution in [3.05, 3.63) is 51.4 Å². The lowest BCUT2D eigenvalue weighted by atomic mass is 10.0. The van der Waals surface area contributed by atoms with Crippen LogP contribution in [0.3, 0.4) is 0 Å². The third kappa shape index (κ3) is 1.34. The van der Waals surface area contributed by atoms with Gasteiger partial charge in [0.05, 0.1) is 16.7 Å². The minimum atomic E-state index is -0.178. The van der Waals surface area contributed by atoms with E-state index in [0.717, 1.165) is 0 Å². The van der Waals surface area contributed by atoms with Gasteiger partial charge < -0.3 is 9.15 Å². The quantitative estimate of drug-likeness (QED) is 0.708. The molecule has 0 bridgehead atoms. The highest BCUT2D eigenvalue weighted by atomic mass is 16.5. The van der Waals surface area contributed by atoms with Gasteiger partial charge in [0, 0.05) is 0 Å². The first-order chi connectivity index (χ1) is 8.72. The Morgan fingerprint density at radius 2 is 2.11 bits per heavy atom. The van der Waals surface area contributed by atoms with Gasteiger partial charge in [0.15, 0.2) is 5.43 Å². The molecule has 0 saturated carbocycles. The van der Waals surface area contributed by atoms with Crippen molar-refractivity contribution in [2.45, 2.75) is 13.5 Å². The van der Waals surface area contributed by atoms with Gasteiger partial charge in [0.1, 0.15) is 24.2 Å². The number of nitriles is 1. The van der Waals surface area contributed by atoms with Crippen molar-refractivity contribution in [1.82, 2.24) is 0 Å². The molecule has 18 heavy (non-hydrogen) atoms. The van der Waals surface area contributed by atoms with E-state index in [2.05, 4.69) is 0 Å². The average Bonchev–Trinajstić information content (AvgIpc) is 2.42. The summed E-state index contributed by atoms with van der Waals surface area (Å²) in [6.45, 7) is 1.77. The molecule has 1 aromatic carbocycles. The Balaban J connectivity index is 2.39. The molecule has 4 heteroatoms. The van der Waals surface area contributed by atoms with Crippen LogP contribution in [0.15, 0.2) is 33.5 Å². The fourth-order valence-corrected chi connectivity index (χ4v) is 2.06. The maximum absolute atomic E-state index is 12.1. The van der Waals surface area contributed by atoms with Gasteiger partial charge in [0.2, 0.25) is 5.76 Å². The normalized spacial score (nSPS) is 12.0. The summed E-state index contributed by atoms with van der Waals surface area (Å²) in [5.74, 6) is 1.18. The predicted octanol–water partition coefficient (Wildman–Crippen LogP) is 2.38. The van der Waals surface area contributed by atoms with E-state index in [4.69, 9.17) is 14.4 Å². The van der Waals surface area contributed by atoms with Gasteiger partial charge in [-0.3, -0.25) is 4.79 Å². The summed E-state index contributed by atoms with van der Waals surface area (Å²) in [7, 11) is 0. The second-order valence-corrected chi connectivity index (χ2v) is 4.09. The average molecular weight is 239 g/mol. The summed E-state index contributed by atoms with van der Waals surface area (Å²) in [6, 6.07) is 9.22. The van der Waals surface area contributed by atoms with Gasteiger partial charge in [-0.05, 0) is 19.1 Å². The van der Waals surface area contributed by atoms with Crippen LogP contribution in [0.5, 0.6) is 5.75 Å². The summed E-state index contributed by atoms with van der Waals surface area (Å²) in [5.41, 5.74) is 1.35. The van der Waals surface area contributed by atoms with Gasteiger partial charge in [-0.1, -0.05) is 12.1 Å². The topological polar surface area (TPSA) is 63.2 Å². The van der Waals surface area contributed by atoms with Crippen molar-refractivity contribution in [2.24, 2.45) is 0 Å². The molecular weight excluding hydrogens is 230 g/mol. The van der Waals surface area contributed by atoms with E-state index in [1.807, 2.05) is 30.3 Å². The van der Waals surface area contributed by atoms with E-state index in [1.165, 1.54) is 0 Å². The van der Waals surface area contributed by atoms with Crippen LogP contribution in [0.25, 0.3) is 11.3 Å². The molecule has 0 aliphatic carbocycles. The van der Waals surface area contributed by atoms with Crippen LogP contribution in [0.2, 0.25) is 0 Å². The lowest BCUT2D eigenvalue weighted by Gasteiger charge is -2.19. The molecule has 3 rings (SSSR count). The number of rotatable bonds is 0. The predicted molar refractivity (Wildman–Crippen MR) is 64.2 cm³/mol. The second kappa shape index (κ2) is 3.74. The molecular formula is C14H9NO3. The first-order valence-corrected chi connectivity index (χ1v) is 5.51. The molecule has 0 N–H and O–H groups in total. The highest BCUT2D eigenvalue weighted by Gasteiger charge is 2.24. The third-order valence-corrected chi connectivity index (χ3v) is 3.04. The summed E-state index contributed by atoms with van der Waals surface area (Å²) >= 11 is 0. The Labute approximate surface area is 103 Å². The van der Waals surface area contributed by atoms with Crippen LogP contribution in [-0.2, 0) is 6.61 Å². The summed E-state index contributed by atoms with van der Waals surface area (Å²) < 4.78 is 11.1. The van der Waals surface area contributed by atoms with Crippen molar-refractivity contribution in [3.63, 3.8) is 0 Å². The van der Waals surface area contributed by atoms with E-state index in [0.29, 0.717) is 28.2 Å². The molecule has 0 atom stereocenters. The number of hydrogen-bond acceptors (Lipinski definition) is 4. The van der Waals surface area contributed by atoms with Crippen molar-refractivity contribution in [3.8, 4) is 23.1 Å². The zero-order valence-electron chi connectivity index (χ0n) is 9.69. The third-order valence-electron chi connectivity index (χ3n) is 3.04. The molecule has 4 nitrogen and oxygen atoms in total. The molecule has 1 aliphatic heterocycles. The molecule has 0 radical (unpaired) electrons. The van der Waals surface area contributed by atoms with Crippen molar-refractivity contribution >= 4 is 0 Å². The molecule has 0 amide bonds. The highest BCUT2D eigenvalue weighted by Crippen LogP contribution is 2.36. The van der Waals surface area contributed by atoms with Crippen LogP contribution in [-0.4, -0.2) is 0 Å². The zero-order valence-corrected chi connectivity index (χ0v) is 9.69. The van der Waals surface area contributed by atoms with Crippen LogP contribution in [0.1, 0.15) is 16.9 Å². The Bertz CT molecular complexity index is 738. The first kappa shape index (κ1) is 10.6. The zero-order chi connectivity index (χ0) is 12.7. The fourth-order valence-electron chi connectivity index (χ4n) is 2.06. The van der Waals surface area contributed by atoms with Crippen molar-refractivity contribution in [2.75, 3.05) is 0 Å². The van der Waals surface area contributed by atoms with Crippen LogP contribution in [0, 0.1) is 18.3 Å². The number of ether oxygens (including phenoxy) is 1. The van der Waals surface area contributed by atoms with E-state index in [-0.39, 0.29) is 17.8 Å². The van der Waals surface area contributed by atoms with E-state index < -0.39 is 0 Å². The largest absolute Gasteiger partial charge is 0.488 e. The minimum absolute atomic E-state index is 0.0652. The molecule has 88 valence electrons. The summed E-state index contributed by atoms with van der Waals surface area (Å²) in [4.78, 5) is 12.1. The van der Waals surface area contributed by atoms with Gasteiger partial charge in [-0.15, -0.1) is 0 Å². The smallest absolute Gasteiger partial charge is 0.210 e. The molecule has 1 aromatic heterocycles.